The van der Waals surface area contributed by atoms with Crippen LogP contribution in [0, 0.1) is 5.82 Å². The third-order valence-corrected chi connectivity index (χ3v) is 13.4. The summed E-state index contributed by atoms with van der Waals surface area (Å²) in [5.41, 5.74) is 6.17. The molecule has 12 nitrogen and oxygen atoms in total. The van der Waals surface area contributed by atoms with Crippen LogP contribution in [0.2, 0.25) is 5.02 Å². The number of piperidine rings is 4. The van der Waals surface area contributed by atoms with Gasteiger partial charge in [0.05, 0.1) is 23.5 Å². The van der Waals surface area contributed by atoms with Crippen LogP contribution in [-0.4, -0.2) is 117 Å². The smallest absolute Gasteiger partial charge is 0.255 e. The van der Waals surface area contributed by atoms with Crippen LogP contribution >= 0.6 is 11.6 Å². The maximum Gasteiger partial charge on any atom is 0.255 e. The second-order valence-corrected chi connectivity index (χ2v) is 17.3. The molecule has 312 valence electrons. The normalized spacial score (nSPS) is 22.2. The highest BCUT2D eigenvalue weighted by molar-refractivity contribution is 6.33. The van der Waals surface area contributed by atoms with Crippen molar-refractivity contribution in [1.82, 2.24) is 34.9 Å². The van der Waals surface area contributed by atoms with Gasteiger partial charge in [0, 0.05) is 55.8 Å². The lowest BCUT2D eigenvalue weighted by Gasteiger charge is -2.43. The van der Waals surface area contributed by atoms with E-state index in [-0.39, 0.29) is 41.9 Å². The molecule has 5 aliphatic rings. The molecule has 0 radical (unpaired) electrons. The predicted molar refractivity (Wildman–Crippen MR) is 227 cm³/mol. The Balaban J connectivity index is 0.733. The second kappa shape index (κ2) is 17.4. The first kappa shape index (κ1) is 40.2. The average Bonchev–Trinajstić information content (AvgIpc) is 3.59. The summed E-state index contributed by atoms with van der Waals surface area (Å²) in [6, 6.07) is 20.4. The highest BCUT2D eigenvalue weighted by atomic mass is 35.5. The van der Waals surface area contributed by atoms with E-state index < -0.39 is 6.04 Å². The third-order valence-electron chi connectivity index (χ3n) is 13.1. The summed E-state index contributed by atoms with van der Waals surface area (Å²) in [7, 11) is 0. The Kier molecular flexibility index (Phi) is 11.6. The number of likely N-dealkylation sites (tertiary alicyclic amines) is 3. The number of carbonyl (C=O) groups is 4. The monoisotopic (exact) mass is 832 g/mol. The fourth-order valence-corrected chi connectivity index (χ4v) is 9.99. The highest BCUT2D eigenvalue weighted by Crippen LogP contribution is 2.35. The number of halogens is 2. The minimum atomic E-state index is -0.603. The molecule has 60 heavy (non-hydrogen) atoms. The SMILES string of the molecule is O=C1CCC(N2Cc3cc(C4CCN(C5CCCN(CC(=O)N6CCC(Nc7ncc(Cl)c(-c8cccc(-c9ccc(F)cc9)c8)n7)CC6)C5)CC4)ccc3C2=O)C(=O)N1. The van der Waals surface area contributed by atoms with Gasteiger partial charge < -0.3 is 15.1 Å². The van der Waals surface area contributed by atoms with E-state index in [9.17, 15) is 23.6 Å². The highest BCUT2D eigenvalue weighted by Gasteiger charge is 2.40. The zero-order valence-electron chi connectivity index (χ0n) is 33.6. The first-order valence-electron chi connectivity index (χ1n) is 21.3. The lowest BCUT2D eigenvalue weighted by atomic mass is 9.87. The van der Waals surface area contributed by atoms with Gasteiger partial charge in [-0.2, -0.15) is 0 Å². The van der Waals surface area contributed by atoms with Crippen molar-refractivity contribution in [3.05, 3.63) is 100 Å². The summed E-state index contributed by atoms with van der Waals surface area (Å²) in [6.45, 7) is 6.01. The van der Waals surface area contributed by atoms with Gasteiger partial charge in [0.25, 0.3) is 5.91 Å². The molecule has 2 N–H and O–H groups in total. The van der Waals surface area contributed by atoms with Crippen LogP contribution < -0.4 is 10.6 Å². The summed E-state index contributed by atoms with van der Waals surface area (Å²) >= 11 is 6.58. The van der Waals surface area contributed by atoms with Gasteiger partial charge in [-0.25, -0.2) is 14.4 Å². The van der Waals surface area contributed by atoms with Crippen molar-refractivity contribution in [2.24, 2.45) is 0 Å². The van der Waals surface area contributed by atoms with E-state index >= 15 is 0 Å². The van der Waals surface area contributed by atoms with Crippen molar-refractivity contribution in [2.45, 2.75) is 82.0 Å². The molecular weight excluding hydrogens is 783 g/mol. The van der Waals surface area contributed by atoms with Crippen molar-refractivity contribution in [3.8, 4) is 22.4 Å². The van der Waals surface area contributed by atoms with E-state index in [0.29, 0.717) is 66.8 Å². The summed E-state index contributed by atoms with van der Waals surface area (Å²) < 4.78 is 13.5. The van der Waals surface area contributed by atoms with E-state index in [1.807, 2.05) is 35.2 Å². The molecule has 1 aromatic heterocycles. The number of rotatable bonds is 9. The van der Waals surface area contributed by atoms with Crippen molar-refractivity contribution < 1.29 is 23.6 Å². The quantitative estimate of drug-likeness (QED) is 0.192. The van der Waals surface area contributed by atoms with Crippen LogP contribution in [0.25, 0.3) is 22.4 Å². The van der Waals surface area contributed by atoms with E-state index in [0.717, 1.165) is 87.0 Å². The molecule has 4 saturated heterocycles. The number of nitrogens with one attached hydrogen (secondary N) is 2. The van der Waals surface area contributed by atoms with Gasteiger partial charge in [-0.1, -0.05) is 54.1 Å². The van der Waals surface area contributed by atoms with E-state index in [4.69, 9.17) is 16.6 Å². The predicted octanol–water partition coefficient (Wildman–Crippen LogP) is 6.11. The number of benzene rings is 3. The summed E-state index contributed by atoms with van der Waals surface area (Å²) in [4.78, 5) is 68.7. The van der Waals surface area contributed by atoms with Crippen LogP contribution in [0.1, 0.15) is 78.8 Å². The second-order valence-electron chi connectivity index (χ2n) is 16.9. The van der Waals surface area contributed by atoms with E-state index in [1.54, 1.807) is 23.2 Å². The molecule has 0 saturated carbocycles. The summed E-state index contributed by atoms with van der Waals surface area (Å²) in [5, 5.41) is 6.31. The molecule has 0 spiro atoms. The van der Waals surface area contributed by atoms with Crippen LogP contribution in [0.15, 0.2) is 72.9 Å². The Bertz CT molecular complexity index is 2280. The molecule has 5 aliphatic heterocycles. The lowest BCUT2D eigenvalue weighted by molar-refractivity contribution is -0.137. The van der Waals surface area contributed by atoms with Crippen LogP contribution in [-0.2, 0) is 20.9 Å². The van der Waals surface area contributed by atoms with Gasteiger partial charge in [0.2, 0.25) is 23.7 Å². The van der Waals surface area contributed by atoms with Crippen molar-refractivity contribution in [1.29, 1.82) is 0 Å². The zero-order chi connectivity index (χ0) is 41.3. The van der Waals surface area contributed by atoms with Crippen molar-refractivity contribution in [2.75, 3.05) is 51.1 Å². The third kappa shape index (κ3) is 8.66. The van der Waals surface area contributed by atoms with Gasteiger partial charge in [0.15, 0.2) is 0 Å². The first-order valence-corrected chi connectivity index (χ1v) is 21.7. The Morgan fingerprint density at radius 3 is 2.43 bits per heavy atom. The minimum Gasteiger partial charge on any atom is -0.351 e. The molecule has 2 unspecified atom stereocenters. The number of carbonyl (C=O) groups excluding carboxylic acids is 4. The Labute approximate surface area is 354 Å². The summed E-state index contributed by atoms with van der Waals surface area (Å²) in [5.74, 6) is 0.0129. The first-order chi connectivity index (χ1) is 29.1. The van der Waals surface area contributed by atoms with Crippen LogP contribution in [0.5, 0.6) is 0 Å². The Hall–Kier alpha value is -5.24. The number of aromatic nitrogens is 2. The van der Waals surface area contributed by atoms with Gasteiger partial charge in [-0.15, -0.1) is 0 Å². The van der Waals surface area contributed by atoms with Crippen molar-refractivity contribution in [3.63, 3.8) is 0 Å². The Morgan fingerprint density at radius 1 is 0.867 bits per heavy atom. The number of nitrogens with zero attached hydrogens (tertiary/aromatic N) is 6. The maximum absolute atomic E-state index is 13.6. The molecule has 9 rings (SSSR count). The van der Waals surface area contributed by atoms with Crippen molar-refractivity contribution >= 4 is 41.2 Å². The fourth-order valence-electron chi connectivity index (χ4n) is 9.79. The lowest BCUT2D eigenvalue weighted by Crippen LogP contribution is -2.53. The van der Waals surface area contributed by atoms with E-state index in [2.05, 4.69) is 37.6 Å². The molecule has 4 amide bonds. The number of hydrogen-bond donors (Lipinski definition) is 2. The molecule has 4 fully saturated rings. The average molecular weight is 833 g/mol. The summed E-state index contributed by atoms with van der Waals surface area (Å²) in [6.07, 6.45) is 8.10. The fraction of sp³-hybridized carbons (Fsp3) is 0.435. The number of amides is 4. The van der Waals surface area contributed by atoms with Gasteiger partial charge >= 0.3 is 0 Å². The largest absolute Gasteiger partial charge is 0.351 e. The number of anilines is 1. The standard InChI is InChI=1S/C46H50ClFN8O4/c47-39-25-49-46(52-43(39)33-4-1-3-31(23-33)29-6-9-35(48)10-7-29)50-36-16-21-55(22-17-36)42(58)28-53-18-2-5-37(27-53)54-19-14-30(15-20-54)32-8-11-38-34(24-32)26-56(45(38)60)40-12-13-41(57)51-44(40)59/h1,3-4,6-11,23-25,30,36-37,40H,2,5,12-22,26-28H2,(H,49,50,52)(H,51,57,59). The maximum atomic E-state index is 13.6. The molecule has 3 aromatic carbocycles. The van der Waals surface area contributed by atoms with Gasteiger partial charge in [-0.05, 0) is 117 Å². The molecule has 14 heteroatoms. The zero-order valence-corrected chi connectivity index (χ0v) is 34.4. The molecular formula is C46H50ClFN8O4. The topological polar surface area (TPSA) is 131 Å². The van der Waals surface area contributed by atoms with Gasteiger partial charge in [0.1, 0.15) is 11.9 Å². The molecule has 0 bridgehead atoms. The van der Waals surface area contributed by atoms with Crippen LogP contribution in [0.3, 0.4) is 0 Å². The Morgan fingerprint density at radius 2 is 1.65 bits per heavy atom. The number of hydrogen-bond acceptors (Lipinski definition) is 9. The molecule has 0 aliphatic carbocycles. The molecule has 2 atom stereocenters. The number of imide groups is 1. The van der Waals surface area contributed by atoms with Crippen LogP contribution in [0.4, 0.5) is 10.3 Å². The van der Waals surface area contributed by atoms with E-state index in [1.165, 1.54) is 17.7 Å². The van der Waals surface area contributed by atoms with Gasteiger partial charge in [-0.3, -0.25) is 34.3 Å². The number of fused-ring (bicyclic) bond motifs is 1. The molecule has 6 heterocycles. The minimum absolute atomic E-state index is 0.128. The molecule has 4 aromatic rings.